The molecule has 0 unspecified atom stereocenters. The molecule has 0 aromatic rings. The van der Waals surface area contributed by atoms with Gasteiger partial charge in [-0.3, -0.25) is 4.79 Å². The quantitative estimate of drug-likeness (QED) is 0.628. The Morgan fingerprint density at radius 1 is 1.55 bits per heavy atom. The highest BCUT2D eigenvalue weighted by molar-refractivity contribution is 5.81. The second-order valence-corrected chi connectivity index (χ2v) is 3.09. The molecule has 0 aliphatic carbocycles. The Labute approximate surface area is 66.9 Å². The van der Waals surface area contributed by atoms with Gasteiger partial charge in [-0.05, 0) is 25.7 Å². The number of ketones is 1. The van der Waals surface area contributed by atoms with Crippen LogP contribution >= 0.6 is 0 Å². The van der Waals surface area contributed by atoms with Crippen molar-refractivity contribution in [1.29, 1.82) is 0 Å². The molecule has 2 N–H and O–H groups in total. The highest BCUT2D eigenvalue weighted by Gasteiger charge is 2.23. The monoisotopic (exact) mass is 157 g/mol. The second-order valence-electron chi connectivity index (χ2n) is 3.09. The maximum absolute atomic E-state index is 10.9. The van der Waals surface area contributed by atoms with E-state index in [0.717, 1.165) is 26.1 Å². The zero-order valence-electron chi connectivity index (χ0n) is 6.88. The van der Waals surface area contributed by atoms with Crippen LogP contribution in [0.1, 0.15) is 19.8 Å². The van der Waals surface area contributed by atoms with Crippen molar-refractivity contribution in [2.45, 2.75) is 25.8 Å². The summed E-state index contributed by atoms with van der Waals surface area (Å²) >= 11 is 0. The lowest BCUT2D eigenvalue weighted by molar-refractivity contribution is -0.120. The van der Waals surface area contributed by atoms with Crippen LogP contribution in [0.3, 0.4) is 0 Å². The molecule has 0 radical (unpaired) electrons. The van der Waals surface area contributed by atoms with Gasteiger partial charge >= 0.3 is 0 Å². The Balaban J connectivity index is 2.38. The third-order valence-electron chi connectivity index (χ3n) is 2.24. The van der Waals surface area contributed by atoms with E-state index >= 15 is 0 Å². The van der Waals surface area contributed by atoms with Crippen molar-refractivity contribution in [3.8, 4) is 0 Å². The van der Waals surface area contributed by atoms with Crippen LogP contribution in [0.25, 0.3) is 0 Å². The molecular formula is C8H15NO2. The molecule has 3 heteroatoms. The molecule has 3 nitrogen and oxygen atoms in total. The fourth-order valence-electron chi connectivity index (χ4n) is 1.41. The van der Waals surface area contributed by atoms with Crippen molar-refractivity contribution in [3.05, 3.63) is 0 Å². The minimum atomic E-state index is -0.265. The second kappa shape index (κ2) is 3.83. The average Bonchev–Trinajstić information content (AvgIpc) is 2.05. The largest absolute Gasteiger partial charge is 0.381 e. The Bertz CT molecular complexity index is 141. The minimum Gasteiger partial charge on any atom is -0.381 e. The summed E-state index contributed by atoms with van der Waals surface area (Å²) in [5.74, 6) is 0.443. The number of carbonyl (C=O) groups is 1. The van der Waals surface area contributed by atoms with Crippen LogP contribution < -0.4 is 5.73 Å². The Morgan fingerprint density at radius 2 is 2.09 bits per heavy atom. The van der Waals surface area contributed by atoms with Crippen LogP contribution in [0.4, 0.5) is 0 Å². The van der Waals surface area contributed by atoms with Gasteiger partial charge in [-0.2, -0.15) is 0 Å². The molecule has 0 bridgehead atoms. The van der Waals surface area contributed by atoms with Gasteiger partial charge in [0.2, 0.25) is 0 Å². The molecule has 11 heavy (non-hydrogen) atoms. The standard InChI is InChI=1S/C8H15NO2/c1-6(10)8(9)7-2-4-11-5-3-7/h7-8H,2-5,9H2,1H3/t8-/m1/s1. The number of rotatable bonds is 2. The van der Waals surface area contributed by atoms with Crippen molar-refractivity contribution < 1.29 is 9.53 Å². The van der Waals surface area contributed by atoms with E-state index in [1.807, 2.05) is 0 Å². The van der Waals surface area contributed by atoms with E-state index in [2.05, 4.69) is 0 Å². The molecule has 1 fully saturated rings. The SMILES string of the molecule is CC(=O)[C@@H](N)C1CCOCC1. The third-order valence-corrected chi connectivity index (χ3v) is 2.24. The summed E-state index contributed by atoms with van der Waals surface area (Å²) in [7, 11) is 0. The summed E-state index contributed by atoms with van der Waals surface area (Å²) < 4.78 is 5.16. The normalized spacial score (nSPS) is 23.1. The van der Waals surface area contributed by atoms with Gasteiger partial charge in [0.15, 0.2) is 0 Å². The average molecular weight is 157 g/mol. The summed E-state index contributed by atoms with van der Waals surface area (Å²) in [6, 6.07) is -0.265. The van der Waals surface area contributed by atoms with E-state index in [1.54, 1.807) is 6.92 Å². The Hall–Kier alpha value is -0.410. The first-order valence-electron chi connectivity index (χ1n) is 4.05. The van der Waals surface area contributed by atoms with Gasteiger partial charge in [0.05, 0.1) is 6.04 Å². The maximum Gasteiger partial charge on any atom is 0.146 e. The zero-order chi connectivity index (χ0) is 8.27. The molecule has 1 atom stereocenters. The predicted molar refractivity (Wildman–Crippen MR) is 42.2 cm³/mol. The van der Waals surface area contributed by atoms with E-state index in [1.165, 1.54) is 0 Å². The summed E-state index contributed by atoms with van der Waals surface area (Å²) in [6.07, 6.45) is 1.86. The highest BCUT2D eigenvalue weighted by Crippen LogP contribution is 2.17. The van der Waals surface area contributed by atoms with Crippen LogP contribution in [0.2, 0.25) is 0 Å². The van der Waals surface area contributed by atoms with Gasteiger partial charge in [0.25, 0.3) is 0 Å². The van der Waals surface area contributed by atoms with E-state index < -0.39 is 0 Å². The van der Waals surface area contributed by atoms with Crippen molar-refractivity contribution >= 4 is 5.78 Å². The van der Waals surface area contributed by atoms with Crippen LogP contribution in [0, 0.1) is 5.92 Å². The topological polar surface area (TPSA) is 52.3 Å². The predicted octanol–water partition coefficient (Wildman–Crippen LogP) is 0.329. The van der Waals surface area contributed by atoms with Crippen molar-refractivity contribution in [2.24, 2.45) is 11.7 Å². The highest BCUT2D eigenvalue weighted by atomic mass is 16.5. The number of nitrogens with two attached hydrogens (primary N) is 1. The van der Waals surface area contributed by atoms with Gasteiger partial charge in [-0.1, -0.05) is 0 Å². The lowest BCUT2D eigenvalue weighted by Gasteiger charge is -2.25. The molecule has 0 saturated carbocycles. The molecule has 1 aliphatic rings. The van der Waals surface area contributed by atoms with E-state index in [9.17, 15) is 4.79 Å². The first kappa shape index (κ1) is 8.68. The van der Waals surface area contributed by atoms with E-state index in [-0.39, 0.29) is 11.8 Å². The Kier molecular flexibility index (Phi) is 3.02. The molecule has 0 amide bonds. The van der Waals surface area contributed by atoms with Crippen LogP contribution in [0.15, 0.2) is 0 Å². The molecule has 0 aromatic heterocycles. The van der Waals surface area contributed by atoms with Crippen molar-refractivity contribution in [1.82, 2.24) is 0 Å². The van der Waals surface area contributed by atoms with Gasteiger partial charge < -0.3 is 10.5 Å². The lowest BCUT2D eigenvalue weighted by atomic mass is 9.90. The maximum atomic E-state index is 10.9. The number of carbonyl (C=O) groups excluding carboxylic acids is 1. The molecule has 1 aliphatic heterocycles. The van der Waals surface area contributed by atoms with Gasteiger partial charge in [-0.15, -0.1) is 0 Å². The van der Waals surface area contributed by atoms with Crippen LogP contribution in [0.5, 0.6) is 0 Å². The molecule has 1 saturated heterocycles. The summed E-state index contributed by atoms with van der Waals surface area (Å²) in [5, 5.41) is 0. The number of ether oxygens (including phenoxy) is 1. The van der Waals surface area contributed by atoms with Gasteiger partial charge in [0.1, 0.15) is 5.78 Å². The first-order valence-corrected chi connectivity index (χ1v) is 4.05. The van der Waals surface area contributed by atoms with Crippen LogP contribution in [-0.2, 0) is 9.53 Å². The van der Waals surface area contributed by atoms with E-state index in [0.29, 0.717) is 5.92 Å². The van der Waals surface area contributed by atoms with Crippen molar-refractivity contribution in [3.63, 3.8) is 0 Å². The number of hydrogen-bond donors (Lipinski definition) is 1. The molecule has 1 heterocycles. The molecule has 1 rings (SSSR count). The van der Waals surface area contributed by atoms with E-state index in [4.69, 9.17) is 10.5 Å². The minimum absolute atomic E-state index is 0.0944. The lowest BCUT2D eigenvalue weighted by Crippen LogP contribution is -2.39. The molecule has 64 valence electrons. The molecule has 0 aromatic carbocycles. The van der Waals surface area contributed by atoms with Crippen LogP contribution in [-0.4, -0.2) is 25.0 Å². The fourth-order valence-corrected chi connectivity index (χ4v) is 1.41. The van der Waals surface area contributed by atoms with Crippen molar-refractivity contribution in [2.75, 3.05) is 13.2 Å². The smallest absolute Gasteiger partial charge is 0.146 e. The number of hydrogen-bond acceptors (Lipinski definition) is 3. The fraction of sp³-hybridized carbons (Fsp3) is 0.875. The summed E-state index contributed by atoms with van der Waals surface area (Å²) in [6.45, 7) is 3.07. The number of Topliss-reactive ketones (excluding diaryl/α,β-unsaturated/α-hetero) is 1. The molecule has 0 spiro atoms. The zero-order valence-corrected chi connectivity index (χ0v) is 6.88. The van der Waals surface area contributed by atoms with Gasteiger partial charge in [0, 0.05) is 13.2 Å². The third kappa shape index (κ3) is 2.27. The Morgan fingerprint density at radius 3 is 2.55 bits per heavy atom. The summed E-state index contributed by atoms with van der Waals surface area (Å²) in [5.41, 5.74) is 5.69. The molecular weight excluding hydrogens is 142 g/mol. The first-order chi connectivity index (χ1) is 5.22. The summed E-state index contributed by atoms with van der Waals surface area (Å²) in [4.78, 5) is 10.9. The van der Waals surface area contributed by atoms with Gasteiger partial charge in [-0.25, -0.2) is 0 Å².